The van der Waals surface area contributed by atoms with Crippen LogP contribution in [0.2, 0.25) is 5.02 Å². The third kappa shape index (κ3) is 3.67. The van der Waals surface area contributed by atoms with Crippen LogP contribution in [0.25, 0.3) is 11.3 Å². The van der Waals surface area contributed by atoms with Crippen LogP contribution in [-0.4, -0.2) is 17.1 Å². The summed E-state index contributed by atoms with van der Waals surface area (Å²) in [5.74, 6) is 0.0668. The van der Waals surface area contributed by atoms with Gasteiger partial charge in [-0.05, 0) is 42.5 Å². The van der Waals surface area contributed by atoms with Crippen LogP contribution in [0.3, 0.4) is 0 Å². The topological polar surface area (TPSA) is 67.5 Å². The Kier molecular flexibility index (Phi) is 4.67. The van der Waals surface area contributed by atoms with E-state index < -0.39 is 5.82 Å². The fraction of sp³-hybridized carbons (Fsp3) is 0. The molecule has 3 aromatic rings. The molecule has 2 aromatic heterocycles. The number of pyridine rings is 1. The zero-order chi connectivity index (χ0) is 16.9. The minimum Gasteiger partial charge on any atom is -0.455 e. The molecule has 0 saturated heterocycles. The van der Waals surface area contributed by atoms with Crippen molar-refractivity contribution in [3.05, 3.63) is 77.0 Å². The lowest BCUT2D eigenvalue weighted by atomic mass is 10.2. The molecule has 0 radical (unpaired) electrons. The van der Waals surface area contributed by atoms with Crippen LogP contribution in [0.1, 0.15) is 16.1 Å². The second-order valence-corrected chi connectivity index (χ2v) is 5.18. The molecular formula is C17H11ClFN3O2. The van der Waals surface area contributed by atoms with Crippen molar-refractivity contribution < 1.29 is 13.6 Å². The molecule has 3 rings (SSSR count). The van der Waals surface area contributed by atoms with Crippen LogP contribution in [0.5, 0.6) is 0 Å². The van der Waals surface area contributed by atoms with Crippen LogP contribution in [-0.2, 0) is 0 Å². The lowest BCUT2D eigenvalue weighted by Gasteiger charge is -1.99. The summed E-state index contributed by atoms with van der Waals surface area (Å²) in [5, 5.41) is 3.84. The van der Waals surface area contributed by atoms with Gasteiger partial charge < -0.3 is 4.42 Å². The van der Waals surface area contributed by atoms with Gasteiger partial charge in [0.1, 0.15) is 17.3 Å². The highest BCUT2D eigenvalue weighted by atomic mass is 35.5. The highest BCUT2D eigenvalue weighted by Gasteiger charge is 2.07. The molecule has 1 N–H and O–H groups in total. The minimum absolute atomic E-state index is 0.0165. The summed E-state index contributed by atoms with van der Waals surface area (Å²) >= 11 is 5.75. The van der Waals surface area contributed by atoms with Gasteiger partial charge in [-0.3, -0.25) is 9.78 Å². The number of aromatic nitrogens is 1. The van der Waals surface area contributed by atoms with E-state index >= 15 is 0 Å². The number of benzene rings is 1. The highest BCUT2D eigenvalue weighted by molar-refractivity contribution is 6.31. The smallest absolute Gasteiger partial charge is 0.272 e. The molecule has 0 bridgehead atoms. The Morgan fingerprint density at radius 1 is 1.29 bits per heavy atom. The van der Waals surface area contributed by atoms with Crippen molar-refractivity contribution in [2.75, 3.05) is 0 Å². The minimum atomic E-state index is -0.494. The van der Waals surface area contributed by atoms with Crippen molar-refractivity contribution in [3.63, 3.8) is 0 Å². The lowest BCUT2D eigenvalue weighted by Crippen LogP contribution is -2.17. The van der Waals surface area contributed by atoms with Gasteiger partial charge in [0.2, 0.25) is 0 Å². The van der Waals surface area contributed by atoms with Crippen LogP contribution in [0.15, 0.2) is 64.4 Å². The number of hydrazone groups is 1. The van der Waals surface area contributed by atoms with Crippen LogP contribution in [0, 0.1) is 5.82 Å². The number of nitrogens with one attached hydrogen (secondary N) is 1. The largest absolute Gasteiger partial charge is 0.455 e. The van der Waals surface area contributed by atoms with E-state index in [2.05, 4.69) is 15.5 Å². The standard InChI is InChI=1S/C17H11ClFN3O2/c18-14-8-11(3-5-15(14)19)16-6-4-13(24-16)10-21-22-17(23)12-2-1-7-20-9-12/h1-10H,(H,22,23)/b21-10-. The molecule has 5 nitrogen and oxygen atoms in total. The van der Waals surface area contributed by atoms with Crippen LogP contribution < -0.4 is 5.43 Å². The van der Waals surface area contributed by atoms with Crippen molar-refractivity contribution in [1.82, 2.24) is 10.4 Å². The molecule has 0 unspecified atom stereocenters. The summed E-state index contributed by atoms with van der Waals surface area (Å²) in [6, 6.07) is 11.0. The predicted molar refractivity (Wildman–Crippen MR) is 88.4 cm³/mol. The molecule has 120 valence electrons. The molecule has 0 saturated carbocycles. The van der Waals surface area contributed by atoms with E-state index in [1.165, 1.54) is 24.5 Å². The SMILES string of the molecule is O=C(N/N=C\c1ccc(-c2ccc(F)c(Cl)c2)o1)c1cccnc1. The molecule has 0 fully saturated rings. The second-order valence-electron chi connectivity index (χ2n) is 4.77. The van der Waals surface area contributed by atoms with E-state index in [9.17, 15) is 9.18 Å². The first-order chi connectivity index (χ1) is 11.6. The number of furan rings is 1. The summed E-state index contributed by atoms with van der Waals surface area (Å²) < 4.78 is 18.7. The van der Waals surface area contributed by atoms with Gasteiger partial charge in [0.15, 0.2) is 0 Å². The van der Waals surface area contributed by atoms with Gasteiger partial charge in [-0.15, -0.1) is 0 Å². The number of nitrogens with zero attached hydrogens (tertiary/aromatic N) is 2. The highest BCUT2D eigenvalue weighted by Crippen LogP contribution is 2.26. The van der Waals surface area contributed by atoms with Gasteiger partial charge in [0.05, 0.1) is 16.8 Å². The number of hydrogen-bond acceptors (Lipinski definition) is 4. The summed E-state index contributed by atoms with van der Waals surface area (Å²) in [6.07, 6.45) is 4.38. The Morgan fingerprint density at radius 2 is 2.17 bits per heavy atom. The first kappa shape index (κ1) is 15.9. The summed E-state index contributed by atoms with van der Waals surface area (Å²) in [6.45, 7) is 0. The Morgan fingerprint density at radius 3 is 2.92 bits per heavy atom. The third-order valence-corrected chi connectivity index (χ3v) is 3.40. The zero-order valence-electron chi connectivity index (χ0n) is 12.2. The molecule has 1 aromatic carbocycles. The lowest BCUT2D eigenvalue weighted by molar-refractivity contribution is 0.0954. The molecule has 7 heteroatoms. The quantitative estimate of drug-likeness (QED) is 0.577. The summed E-state index contributed by atoms with van der Waals surface area (Å²) in [4.78, 5) is 15.6. The monoisotopic (exact) mass is 343 g/mol. The fourth-order valence-electron chi connectivity index (χ4n) is 1.94. The Bertz CT molecular complexity index is 894. The molecular weight excluding hydrogens is 333 g/mol. The van der Waals surface area contributed by atoms with Gasteiger partial charge in [0, 0.05) is 18.0 Å². The molecule has 0 aliphatic heterocycles. The number of rotatable bonds is 4. The zero-order valence-corrected chi connectivity index (χ0v) is 13.0. The van der Waals surface area contributed by atoms with E-state index in [1.807, 2.05) is 0 Å². The first-order valence-corrected chi connectivity index (χ1v) is 7.30. The molecule has 0 aliphatic rings. The Labute approximate surface area is 141 Å². The molecule has 0 atom stereocenters. The van der Waals surface area contributed by atoms with Crippen molar-refractivity contribution >= 4 is 23.7 Å². The van der Waals surface area contributed by atoms with E-state index in [4.69, 9.17) is 16.0 Å². The van der Waals surface area contributed by atoms with Crippen molar-refractivity contribution in [1.29, 1.82) is 0 Å². The summed E-state index contributed by atoms with van der Waals surface area (Å²) in [5.41, 5.74) is 3.41. The van der Waals surface area contributed by atoms with E-state index in [0.29, 0.717) is 22.6 Å². The maximum absolute atomic E-state index is 13.2. The number of carbonyl (C=O) groups is 1. The van der Waals surface area contributed by atoms with Gasteiger partial charge in [-0.1, -0.05) is 11.6 Å². The molecule has 24 heavy (non-hydrogen) atoms. The van der Waals surface area contributed by atoms with Crippen molar-refractivity contribution in [2.24, 2.45) is 5.10 Å². The van der Waals surface area contributed by atoms with Crippen LogP contribution >= 0.6 is 11.6 Å². The molecule has 0 aliphatic carbocycles. The predicted octanol–water partition coefficient (Wildman–Crippen LogP) is 3.90. The van der Waals surface area contributed by atoms with Gasteiger partial charge >= 0.3 is 0 Å². The molecule has 0 spiro atoms. The van der Waals surface area contributed by atoms with Gasteiger partial charge in [-0.25, -0.2) is 9.82 Å². The maximum atomic E-state index is 13.2. The summed E-state index contributed by atoms with van der Waals surface area (Å²) in [7, 11) is 0. The fourth-order valence-corrected chi connectivity index (χ4v) is 2.12. The average Bonchev–Trinajstić information content (AvgIpc) is 3.07. The van der Waals surface area contributed by atoms with E-state index in [0.717, 1.165) is 0 Å². The maximum Gasteiger partial charge on any atom is 0.272 e. The molecule has 1 amide bonds. The normalized spacial score (nSPS) is 10.9. The number of halogens is 2. The average molecular weight is 344 g/mol. The number of carbonyl (C=O) groups excluding carboxylic acids is 1. The Balaban J connectivity index is 1.67. The Hall–Kier alpha value is -2.99. The molecule has 2 heterocycles. The third-order valence-electron chi connectivity index (χ3n) is 3.11. The second kappa shape index (κ2) is 7.06. The first-order valence-electron chi connectivity index (χ1n) is 6.92. The number of amides is 1. The van der Waals surface area contributed by atoms with Crippen LogP contribution in [0.4, 0.5) is 4.39 Å². The van der Waals surface area contributed by atoms with Crippen molar-refractivity contribution in [3.8, 4) is 11.3 Å². The van der Waals surface area contributed by atoms with Gasteiger partial charge in [-0.2, -0.15) is 5.10 Å². The van der Waals surface area contributed by atoms with Crippen molar-refractivity contribution in [2.45, 2.75) is 0 Å². The number of hydrogen-bond donors (Lipinski definition) is 1. The van der Waals surface area contributed by atoms with E-state index in [-0.39, 0.29) is 10.9 Å². The van der Waals surface area contributed by atoms with E-state index in [1.54, 1.807) is 36.5 Å². The van der Waals surface area contributed by atoms with Gasteiger partial charge in [0.25, 0.3) is 5.91 Å².